The fourth-order valence-corrected chi connectivity index (χ4v) is 2.25. The Morgan fingerprint density at radius 3 is 2.59 bits per heavy atom. The first-order valence-electron chi connectivity index (χ1n) is 6.31. The highest BCUT2D eigenvalue weighted by Gasteiger charge is 2.21. The van der Waals surface area contributed by atoms with Gasteiger partial charge >= 0.3 is 0 Å². The molecule has 0 aliphatic carbocycles. The second-order valence-corrected chi connectivity index (χ2v) is 4.67. The van der Waals surface area contributed by atoms with E-state index in [1.807, 2.05) is 30.0 Å². The molecule has 1 heterocycles. The molecule has 1 aliphatic heterocycles. The first kappa shape index (κ1) is 12.1. The maximum atomic E-state index is 12.2. The van der Waals surface area contributed by atoms with Crippen molar-refractivity contribution in [2.24, 2.45) is 5.92 Å². The summed E-state index contributed by atoms with van der Waals surface area (Å²) in [6.45, 7) is 5.56. The van der Waals surface area contributed by atoms with E-state index in [-0.39, 0.29) is 11.8 Å². The van der Waals surface area contributed by atoms with Crippen LogP contribution < -0.4 is 5.32 Å². The third-order valence-electron chi connectivity index (χ3n) is 3.23. The Morgan fingerprint density at radius 1 is 1.29 bits per heavy atom. The number of piperazine rings is 1. The van der Waals surface area contributed by atoms with Gasteiger partial charge in [0.05, 0.1) is 0 Å². The Balaban J connectivity index is 1.90. The third kappa shape index (κ3) is 3.30. The number of amides is 1. The van der Waals surface area contributed by atoms with Crippen molar-refractivity contribution >= 4 is 5.91 Å². The summed E-state index contributed by atoms with van der Waals surface area (Å²) in [5.41, 5.74) is 1.24. The normalized spacial score (nSPS) is 17.8. The van der Waals surface area contributed by atoms with Crippen LogP contribution in [0.3, 0.4) is 0 Å². The van der Waals surface area contributed by atoms with Gasteiger partial charge in [0.25, 0.3) is 0 Å². The van der Waals surface area contributed by atoms with Crippen molar-refractivity contribution in [2.75, 3.05) is 26.2 Å². The molecule has 1 unspecified atom stereocenters. The number of carbonyl (C=O) groups is 1. The Labute approximate surface area is 103 Å². The molecule has 17 heavy (non-hydrogen) atoms. The Morgan fingerprint density at radius 2 is 1.94 bits per heavy atom. The number of hydrogen-bond donors (Lipinski definition) is 1. The molecule has 0 saturated carbocycles. The minimum Gasteiger partial charge on any atom is -0.340 e. The number of hydrogen-bond acceptors (Lipinski definition) is 2. The van der Waals surface area contributed by atoms with Crippen molar-refractivity contribution < 1.29 is 4.79 Å². The van der Waals surface area contributed by atoms with Crippen LogP contribution in [0.4, 0.5) is 0 Å². The van der Waals surface area contributed by atoms with Gasteiger partial charge in [-0.25, -0.2) is 0 Å². The molecule has 1 aromatic rings. The molecule has 0 radical (unpaired) electrons. The monoisotopic (exact) mass is 232 g/mol. The van der Waals surface area contributed by atoms with Crippen molar-refractivity contribution in [2.45, 2.75) is 13.3 Å². The van der Waals surface area contributed by atoms with Gasteiger partial charge in [-0.05, 0) is 12.0 Å². The zero-order valence-electron chi connectivity index (χ0n) is 10.4. The largest absolute Gasteiger partial charge is 0.340 e. The number of benzene rings is 1. The summed E-state index contributed by atoms with van der Waals surface area (Å²) < 4.78 is 0. The van der Waals surface area contributed by atoms with E-state index in [1.54, 1.807) is 0 Å². The maximum absolute atomic E-state index is 12.2. The molecule has 1 saturated heterocycles. The number of rotatable bonds is 3. The van der Waals surface area contributed by atoms with Crippen molar-refractivity contribution in [3.63, 3.8) is 0 Å². The van der Waals surface area contributed by atoms with Crippen LogP contribution in [0.5, 0.6) is 0 Å². The van der Waals surface area contributed by atoms with Crippen molar-refractivity contribution in [1.82, 2.24) is 10.2 Å². The van der Waals surface area contributed by atoms with Gasteiger partial charge in [0.1, 0.15) is 0 Å². The zero-order chi connectivity index (χ0) is 12.1. The summed E-state index contributed by atoms with van der Waals surface area (Å²) in [5.74, 6) is 0.367. The molecule has 1 aliphatic rings. The van der Waals surface area contributed by atoms with Crippen LogP contribution >= 0.6 is 0 Å². The van der Waals surface area contributed by atoms with Crippen LogP contribution in [-0.2, 0) is 11.2 Å². The lowest BCUT2D eigenvalue weighted by molar-refractivity contribution is -0.135. The quantitative estimate of drug-likeness (QED) is 0.852. The molecule has 1 N–H and O–H groups in total. The molecule has 0 spiro atoms. The van der Waals surface area contributed by atoms with E-state index in [0.29, 0.717) is 0 Å². The second-order valence-electron chi connectivity index (χ2n) is 4.67. The standard InChI is InChI=1S/C14H20N2O/c1-12(11-13-5-3-2-4-6-13)14(17)16-9-7-15-8-10-16/h2-6,12,15H,7-11H2,1H3. The van der Waals surface area contributed by atoms with Crippen LogP contribution in [0.2, 0.25) is 0 Å². The van der Waals surface area contributed by atoms with E-state index in [1.165, 1.54) is 5.56 Å². The van der Waals surface area contributed by atoms with E-state index in [2.05, 4.69) is 17.4 Å². The lowest BCUT2D eigenvalue weighted by atomic mass is 9.99. The summed E-state index contributed by atoms with van der Waals surface area (Å²) in [7, 11) is 0. The minimum absolute atomic E-state index is 0.0792. The maximum Gasteiger partial charge on any atom is 0.225 e. The molecule has 0 aromatic heterocycles. The summed E-state index contributed by atoms with van der Waals surface area (Å²) >= 11 is 0. The highest BCUT2D eigenvalue weighted by atomic mass is 16.2. The van der Waals surface area contributed by atoms with E-state index in [4.69, 9.17) is 0 Å². The third-order valence-corrected chi connectivity index (χ3v) is 3.23. The number of nitrogens with zero attached hydrogens (tertiary/aromatic N) is 1. The van der Waals surface area contributed by atoms with E-state index < -0.39 is 0 Å². The molecule has 1 atom stereocenters. The highest BCUT2D eigenvalue weighted by Crippen LogP contribution is 2.11. The predicted molar refractivity (Wildman–Crippen MR) is 68.8 cm³/mol. The summed E-state index contributed by atoms with van der Waals surface area (Å²) in [6.07, 6.45) is 0.837. The Kier molecular flexibility index (Phi) is 4.15. The van der Waals surface area contributed by atoms with Gasteiger partial charge in [0.2, 0.25) is 5.91 Å². The molecule has 1 amide bonds. The first-order valence-corrected chi connectivity index (χ1v) is 6.31. The molecular formula is C14H20N2O. The van der Waals surface area contributed by atoms with Crippen LogP contribution in [-0.4, -0.2) is 37.0 Å². The Bertz CT molecular complexity index is 358. The van der Waals surface area contributed by atoms with Gasteiger partial charge < -0.3 is 10.2 Å². The van der Waals surface area contributed by atoms with Gasteiger partial charge in [0.15, 0.2) is 0 Å². The number of nitrogens with one attached hydrogen (secondary N) is 1. The molecule has 3 nitrogen and oxygen atoms in total. The van der Waals surface area contributed by atoms with Crippen LogP contribution in [0.15, 0.2) is 30.3 Å². The van der Waals surface area contributed by atoms with Crippen LogP contribution in [0.1, 0.15) is 12.5 Å². The van der Waals surface area contributed by atoms with Gasteiger partial charge in [-0.1, -0.05) is 37.3 Å². The fourth-order valence-electron chi connectivity index (χ4n) is 2.25. The van der Waals surface area contributed by atoms with Crippen molar-refractivity contribution in [1.29, 1.82) is 0 Å². The lowest BCUT2D eigenvalue weighted by Gasteiger charge is -2.29. The van der Waals surface area contributed by atoms with E-state index >= 15 is 0 Å². The lowest BCUT2D eigenvalue weighted by Crippen LogP contribution is -2.48. The van der Waals surface area contributed by atoms with Gasteiger partial charge in [-0.2, -0.15) is 0 Å². The molecule has 1 aromatic carbocycles. The molecule has 0 bridgehead atoms. The smallest absolute Gasteiger partial charge is 0.225 e. The average molecular weight is 232 g/mol. The minimum atomic E-state index is 0.0792. The molecule has 2 rings (SSSR count). The highest BCUT2D eigenvalue weighted by molar-refractivity contribution is 5.78. The SMILES string of the molecule is CC(Cc1ccccc1)C(=O)N1CCNCC1. The Hall–Kier alpha value is -1.35. The van der Waals surface area contributed by atoms with E-state index in [0.717, 1.165) is 32.6 Å². The topological polar surface area (TPSA) is 32.3 Å². The fraction of sp³-hybridized carbons (Fsp3) is 0.500. The van der Waals surface area contributed by atoms with E-state index in [9.17, 15) is 4.79 Å². The average Bonchev–Trinajstić information content (AvgIpc) is 2.40. The second kappa shape index (κ2) is 5.82. The molecule has 1 fully saturated rings. The first-order chi connectivity index (χ1) is 8.27. The molecular weight excluding hydrogens is 212 g/mol. The van der Waals surface area contributed by atoms with Crippen LogP contribution in [0, 0.1) is 5.92 Å². The van der Waals surface area contributed by atoms with Gasteiger partial charge in [-0.3, -0.25) is 4.79 Å². The summed E-state index contributed by atoms with van der Waals surface area (Å²) in [4.78, 5) is 14.2. The van der Waals surface area contributed by atoms with Gasteiger partial charge in [0, 0.05) is 32.1 Å². The summed E-state index contributed by atoms with van der Waals surface area (Å²) in [6, 6.07) is 10.2. The zero-order valence-corrected chi connectivity index (χ0v) is 10.4. The van der Waals surface area contributed by atoms with Crippen LogP contribution in [0.25, 0.3) is 0 Å². The van der Waals surface area contributed by atoms with Gasteiger partial charge in [-0.15, -0.1) is 0 Å². The summed E-state index contributed by atoms with van der Waals surface area (Å²) in [5, 5.41) is 3.26. The predicted octanol–water partition coefficient (Wildman–Crippen LogP) is 1.30. The van der Waals surface area contributed by atoms with Crippen molar-refractivity contribution in [3.8, 4) is 0 Å². The number of carbonyl (C=O) groups excluding carboxylic acids is 1. The molecule has 3 heteroatoms. The van der Waals surface area contributed by atoms with Crippen molar-refractivity contribution in [3.05, 3.63) is 35.9 Å². The molecule has 92 valence electrons.